The molecule has 0 N–H and O–H groups in total. The van der Waals surface area contributed by atoms with Crippen LogP contribution in [0.4, 0.5) is 17.1 Å². The van der Waals surface area contributed by atoms with E-state index < -0.39 is 0 Å². The van der Waals surface area contributed by atoms with Crippen LogP contribution in [0, 0.1) is 0 Å². The first-order chi connectivity index (χ1) is 26.3. The molecule has 2 heterocycles. The highest BCUT2D eigenvalue weighted by molar-refractivity contribution is 6.24. The van der Waals surface area contributed by atoms with Gasteiger partial charge in [-0.2, -0.15) is 0 Å². The molecule has 248 valence electrons. The predicted molar refractivity (Wildman–Crippen MR) is 223 cm³/mol. The minimum atomic E-state index is 0.864. The van der Waals surface area contributed by atoms with Gasteiger partial charge in [0.1, 0.15) is 5.58 Å². The molecule has 0 radical (unpaired) electrons. The van der Waals surface area contributed by atoms with Gasteiger partial charge < -0.3 is 13.9 Å². The molecule has 0 aliphatic carbocycles. The summed E-state index contributed by atoms with van der Waals surface area (Å²) in [4.78, 5) is 2.32. The highest BCUT2D eigenvalue weighted by Crippen LogP contribution is 2.46. The predicted octanol–water partition coefficient (Wildman–Crippen LogP) is 14.1. The number of fused-ring (bicyclic) bond motifs is 9. The molecule has 2 aromatic heterocycles. The van der Waals surface area contributed by atoms with Crippen LogP contribution in [0.2, 0.25) is 0 Å². The van der Waals surface area contributed by atoms with Gasteiger partial charge in [0.2, 0.25) is 0 Å². The van der Waals surface area contributed by atoms with Gasteiger partial charge in [0, 0.05) is 38.6 Å². The lowest BCUT2D eigenvalue weighted by atomic mass is 9.94. The Morgan fingerprint density at radius 1 is 0.415 bits per heavy atom. The molecule has 0 fully saturated rings. The SMILES string of the molecule is c1ccc(N(c2ccc3ccccc3c2)c2cccc3c2oc2cc(-c4ccc5c(c4)c4ccccc4n5-c4ccccc4)c4ccccc4c23)cc1. The van der Waals surface area contributed by atoms with E-state index in [4.69, 9.17) is 4.42 Å². The average Bonchev–Trinajstić information content (AvgIpc) is 3.77. The number of anilines is 3. The van der Waals surface area contributed by atoms with E-state index in [-0.39, 0.29) is 0 Å². The van der Waals surface area contributed by atoms with Crippen molar-refractivity contribution in [3.63, 3.8) is 0 Å². The van der Waals surface area contributed by atoms with Crippen molar-refractivity contribution in [2.45, 2.75) is 0 Å². The number of furan rings is 1. The van der Waals surface area contributed by atoms with Gasteiger partial charge in [-0.15, -0.1) is 0 Å². The van der Waals surface area contributed by atoms with Crippen molar-refractivity contribution >= 4 is 82.4 Å². The lowest BCUT2D eigenvalue weighted by Gasteiger charge is -2.25. The maximum absolute atomic E-state index is 7.04. The van der Waals surface area contributed by atoms with Gasteiger partial charge in [0.25, 0.3) is 0 Å². The van der Waals surface area contributed by atoms with Crippen molar-refractivity contribution in [1.29, 1.82) is 0 Å². The Morgan fingerprint density at radius 2 is 1.09 bits per heavy atom. The molecule has 0 unspecified atom stereocenters. The van der Waals surface area contributed by atoms with Crippen LogP contribution in [0.25, 0.3) is 82.1 Å². The molecule has 0 saturated heterocycles. The monoisotopic (exact) mass is 676 g/mol. The maximum Gasteiger partial charge on any atom is 0.159 e. The van der Waals surface area contributed by atoms with Gasteiger partial charge in [0.15, 0.2) is 5.58 Å². The van der Waals surface area contributed by atoms with E-state index in [0.717, 1.165) is 55.8 Å². The molecule has 0 atom stereocenters. The molecule has 0 aliphatic rings. The second-order valence-corrected chi connectivity index (χ2v) is 13.7. The molecular formula is C50H32N2O. The molecule has 9 aromatic carbocycles. The molecule has 0 amide bonds. The highest BCUT2D eigenvalue weighted by atomic mass is 16.3. The first-order valence-corrected chi connectivity index (χ1v) is 18.1. The minimum Gasteiger partial charge on any atom is -0.454 e. The molecule has 0 spiro atoms. The van der Waals surface area contributed by atoms with Crippen LogP contribution in [0.15, 0.2) is 199 Å². The lowest BCUT2D eigenvalue weighted by molar-refractivity contribution is 0.669. The number of nitrogens with zero attached hydrogens (tertiary/aromatic N) is 2. The smallest absolute Gasteiger partial charge is 0.159 e. The van der Waals surface area contributed by atoms with Gasteiger partial charge in [-0.25, -0.2) is 0 Å². The number of aromatic nitrogens is 1. The van der Waals surface area contributed by atoms with Crippen molar-refractivity contribution in [3.8, 4) is 16.8 Å². The van der Waals surface area contributed by atoms with Gasteiger partial charge in [0.05, 0.1) is 16.7 Å². The molecule has 0 bridgehead atoms. The minimum absolute atomic E-state index is 0.864. The van der Waals surface area contributed by atoms with Gasteiger partial charge >= 0.3 is 0 Å². The number of para-hydroxylation sites is 4. The Kier molecular flexibility index (Phi) is 6.55. The van der Waals surface area contributed by atoms with Gasteiger partial charge in [-0.1, -0.05) is 127 Å². The normalized spacial score (nSPS) is 11.8. The third-order valence-electron chi connectivity index (χ3n) is 10.7. The van der Waals surface area contributed by atoms with E-state index in [1.165, 1.54) is 43.4 Å². The van der Waals surface area contributed by atoms with E-state index in [9.17, 15) is 0 Å². The van der Waals surface area contributed by atoms with E-state index in [1.54, 1.807) is 0 Å². The van der Waals surface area contributed by atoms with Crippen molar-refractivity contribution in [2.75, 3.05) is 4.90 Å². The van der Waals surface area contributed by atoms with Gasteiger partial charge in [-0.3, -0.25) is 0 Å². The topological polar surface area (TPSA) is 21.3 Å². The van der Waals surface area contributed by atoms with E-state index in [2.05, 4.69) is 204 Å². The molecule has 0 saturated carbocycles. The first kappa shape index (κ1) is 29.6. The average molecular weight is 677 g/mol. The van der Waals surface area contributed by atoms with Crippen molar-refractivity contribution in [1.82, 2.24) is 4.57 Å². The summed E-state index contributed by atoms with van der Waals surface area (Å²) < 4.78 is 9.40. The summed E-state index contributed by atoms with van der Waals surface area (Å²) >= 11 is 0. The Morgan fingerprint density at radius 3 is 1.94 bits per heavy atom. The Labute approximate surface area is 306 Å². The van der Waals surface area contributed by atoms with Crippen LogP contribution in [0.1, 0.15) is 0 Å². The number of benzene rings is 9. The zero-order valence-corrected chi connectivity index (χ0v) is 28.8. The van der Waals surface area contributed by atoms with Crippen LogP contribution in [-0.4, -0.2) is 4.57 Å². The number of rotatable bonds is 5. The van der Waals surface area contributed by atoms with Crippen LogP contribution in [0.5, 0.6) is 0 Å². The maximum atomic E-state index is 7.04. The summed E-state index contributed by atoms with van der Waals surface area (Å²) in [6, 6.07) is 69.5. The fourth-order valence-corrected chi connectivity index (χ4v) is 8.38. The molecule has 0 aliphatic heterocycles. The third kappa shape index (κ3) is 4.61. The summed E-state index contributed by atoms with van der Waals surface area (Å²) in [5.74, 6) is 0. The Hall–Kier alpha value is -7.10. The summed E-state index contributed by atoms with van der Waals surface area (Å²) in [6.07, 6.45) is 0. The first-order valence-electron chi connectivity index (χ1n) is 18.1. The quantitative estimate of drug-likeness (QED) is 0.181. The number of hydrogen-bond acceptors (Lipinski definition) is 2. The van der Waals surface area contributed by atoms with E-state index >= 15 is 0 Å². The van der Waals surface area contributed by atoms with Crippen molar-refractivity contribution < 1.29 is 4.42 Å². The van der Waals surface area contributed by atoms with Crippen LogP contribution < -0.4 is 4.90 Å². The van der Waals surface area contributed by atoms with Crippen LogP contribution in [-0.2, 0) is 0 Å². The Bertz CT molecular complexity index is 3170. The summed E-state index contributed by atoms with van der Waals surface area (Å²) in [5.41, 5.74) is 10.8. The second kappa shape index (κ2) is 11.7. The van der Waals surface area contributed by atoms with Crippen LogP contribution >= 0.6 is 0 Å². The standard InChI is InChI=1S/C50H32N2O/c1-3-16-36(17-4-1)51(38-28-26-33-14-7-8-15-34(33)30-38)47-25-13-23-42-49-41-22-10-9-20-39(41)43(32-48(49)53-50(42)47)35-27-29-46-44(31-35)40-21-11-12-24-45(40)52(46)37-18-5-2-6-19-37/h1-32H. The Balaban J connectivity index is 1.15. The van der Waals surface area contributed by atoms with Crippen molar-refractivity contribution in [2.24, 2.45) is 0 Å². The van der Waals surface area contributed by atoms with E-state index in [1.807, 2.05) is 0 Å². The molecular weight excluding hydrogens is 645 g/mol. The van der Waals surface area contributed by atoms with Crippen molar-refractivity contribution in [3.05, 3.63) is 194 Å². The molecule has 53 heavy (non-hydrogen) atoms. The van der Waals surface area contributed by atoms with Crippen LogP contribution in [0.3, 0.4) is 0 Å². The fourth-order valence-electron chi connectivity index (χ4n) is 8.38. The van der Waals surface area contributed by atoms with E-state index in [0.29, 0.717) is 0 Å². The molecule has 11 aromatic rings. The zero-order chi connectivity index (χ0) is 34.9. The summed E-state index contributed by atoms with van der Waals surface area (Å²) in [7, 11) is 0. The fraction of sp³-hybridized carbons (Fsp3) is 0. The number of hydrogen-bond donors (Lipinski definition) is 0. The summed E-state index contributed by atoms with van der Waals surface area (Å²) in [5, 5.41) is 9.50. The summed E-state index contributed by atoms with van der Waals surface area (Å²) in [6.45, 7) is 0. The zero-order valence-electron chi connectivity index (χ0n) is 28.8. The third-order valence-corrected chi connectivity index (χ3v) is 10.7. The lowest BCUT2D eigenvalue weighted by Crippen LogP contribution is -2.10. The molecule has 3 heteroatoms. The van der Waals surface area contributed by atoms with Gasteiger partial charge in [-0.05, 0) is 99.4 Å². The second-order valence-electron chi connectivity index (χ2n) is 13.7. The molecule has 3 nitrogen and oxygen atoms in total. The highest BCUT2D eigenvalue weighted by Gasteiger charge is 2.22. The largest absolute Gasteiger partial charge is 0.454 e. The molecule has 11 rings (SSSR count).